The van der Waals surface area contributed by atoms with Crippen molar-refractivity contribution in [1.82, 2.24) is 0 Å². The third-order valence-corrected chi connectivity index (χ3v) is 11.1. The van der Waals surface area contributed by atoms with Crippen LogP contribution in [0.1, 0.15) is 18.1 Å². The third-order valence-electron chi connectivity index (χ3n) is 5.58. The molecule has 1 unspecified atom stereocenters. The van der Waals surface area contributed by atoms with E-state index in [9.17, 15) is 0 Å². The fourth-order valence-corrected chi connectivity index (χ4v) is 10.8. The summed E-state index contributed by atoms with van der Waals surface area (Å²) in [7, 11) is -1.49. The molecule has 3 rings (SSSR count). The second kappa shape index (κ2) is 5.32. The zero-order valence-corrected chi connectivity index (χ0v) is 16.5. The first-order valence-electron chi connectivity index (χ1n) is 8.17. The van der Waals surface area contributed by atoms with Crippen molar-refractivity contribution in [2.45, 2.75) is 37.3 Å². The predicted octanol–water partition coefficient (Wildman–Crippen LogP) is 5.96. The average molecular weight is 326 g/mol. The minimum atomic E-state index is -1.49. The van der Waals surface area contributed by atoms with Gasteiger partial charge >= 0.3 is 0 Å². The van der Waals surface area contributed by atoms with Crippen LogP contribution in [0.3, 0.4) is 0 Å². The fraction of sp³-hybridized carbons (Fsp3) is 0.400. The molecule has 0 fully saturated rings. The van der Waals surface area contributed by atoms with Gasteiger partial charge < -0.3 is 0 Å². The van der Waals surface area contributed by atoms with E-state index in [1.165, 1.54) is 11.1 Å². The van der Waals surface area contributed by atoms with Crippen molar-refractivity contribution in [3.63, 3.8) is 0 Å². The standard InChI is InChI=1S/C20H27PSi/c1-15(21(2)3)20(22(4,5)6)18-13-9-7-11-16(18)17-12-8-10-14-19(17)20/h7-15H,1-6H3. The SMILES string of the molecule is CC(P(C)C)C1([Si](C)(C)C)c2ccccc2-c2ccccc21. The van der Waals surface area contributed by atoms with Crippen LogP contribution in [0, 0.1) is 0 Å². The van der Waals surface area contributed by atoms with Crippen LogP contribution in [0.5, 0.6) is 0 Å². The van der Waals surface area contributed by atoms with Gasteiger partial charge in [-0.3, -0.25) is 0 Å². The minimum Gasteiger partial charge on any atom is -0.109 e. The largest absolute Gasteiger partial charge is 0.109 e. The summed E-state index contributed by atoms with van der Waals surface area (Å²) in [6, 6.07) is 18.3. The average Bonchev–Trinajstić information content (AvgIpc) is 2.77. The van der Waals surface area contributed by atoms with Crippen molar-refractivity contribution in [3.05, 3.63) is 59.7 Å². The topological polar surface area (TPSA) is 0 Å². The second-order valence-corrected chi connectivity index (χ2v) is 15.8. The molecule has 0 aliphatic heterocycles. The molecule has 0 radical (unpaired) electrons. The van der Waals surface area contributed by atoms with Crippen molar-refractivity contribution in [1.29, 1.82) is 0 Å². The van der Waals surface area contributed by atoms with E-state index in [4.69, 9.17) is 0 Å². The van der Waals surface area contributed by atoms with Gasteiger partial charge in [0.2, 0.25) is 0 Å². The predicted molar refractivity (Wildman–Crippen MR) is 104 cm³/mol. The highest BCUT2D eigenvalue weighted by molar-refractivity contribution is 7.57. The molecule has 0 spiro atoms. The molecule has 0 bridgehead atoms. The molecule has 2 aromatic rings. The first kappa shape index (κ1) is 16.0. The van der Waals surface area contributed by atoms with Gasteiger partial charge in [-0.1, -0.05) is 75.1 Å². The molecule has 0 aromatic heterocycles. The smallest absolute Gasteiger partial charge is 0.0621 e. The molecule has 0 amide bonds. The highest BCUT2D eigenvalue weighted by atomic mass is 31.1. The maximum absolute atomic E-state index is 2.56. The maximum Gasteiger partial charge on any atom is 0.0621 e. The van der Waals surface area contributed by atoms with E-state index in [0.717, 1.165) is 0 Å². The van der Waals surface area contributed by atoms with Gasteiger partial charge in [0, 0.05) is 5.04 Å². The second-order valence-electron chi connectivity index (χ2n) is 7.79. The van der Waals surface area contributed by atoms with Gasteiger partial charge in [-0.15, -0.1) is 7.92 Å². The molecule has 1 aliphatic carbocycles. The lowest BCUT2D eigenvalue weighted by atomic mass is 9.92. The molecule has 0 saturated heterocycles. The molecule has 0 heterocycles. The number of rotatable bonds is 3. The molecule has 1 aliphatic rings. The molecule has 0 N–H and O–H groups in total. The van der Waals surface area contributed by atoms with E-state index < -0.39 is 8.07 Å². The Morgan fingerprint density at radius 1 is 0.818 bits per heavy atom. The Kier molecular flexibility index (Phi) is 3.86. The Morgan fingerprint density at radius 2 is 1.23 bits per heavy atom. The minimum absolute atomic E-state index is 0.000255. The van der Waals surface area contributed by atoms with Gasteiger partial charge in [0.05, 0.1) is 8.07 Å². The van der Waals surface area contributed by atoms with Crippen molar-refractivity contribution in [3.8, 4) is 11.1 Å². The highest BCUT2D eigenvalue weighted by Crippen LogP contribution is 2.60. The summed E-state index contributed by atoms with van der Waals surface area (Å²) >= 11 is 0. The van der Waals surface area contributed by atoms with Gasteiger partial charge in [-0.05, 0) is 41.2 Å². The Labute approximate surface area is 137 Å². The van der Waals surface area contributed by atoms with E-state index in [2.05, 4.69) is 88.4 Å². The first-order valence-corrected chi connectivity index (χ1v) is 14.0. The molecular weight excluding hydrogens is 299 g/mol. The van der Waals surface area contributed by atoms with Crippen LogP contribution >= 0.6 is 7.92 Å². The van der Waals surface area contributed by atoms with E-state index >= 15 is 0 Å². The Bertz CT molecular complexity index is 651. The third kappa shape index (κ3) is 1.98. The van der Waals surface area contributed by atoms with Crippen LogP contribution in [-0.4, -0.2) is 27.1 Å². The van der Waals surface area contributed by atoms with E-state index in [1.807, 2.05) is 0 Å². The van der Waals surface area contributed by atoms with Crippen LogP contribution in [0.15, 0.2) is 48.5 Å². The summed E-state index contributed by atoms with van der Waals surface area (Å²) in [5.74, 6) is 0. The van der Waals surface area contributed by atoms with E-state index in [1.54, 1.807) is 11.1 Å². The summed E-state index contributed by atoms with van der Waals surface area (Å²) in [6.45, 7) is 15.1. The van der Waals surface area contributed by atoms with Crippen molar-refractivity contribution in [2.75, 3.05) is 13.3 Å². The summed E-state index contributed by atoms with van der Waals surface area (Å²) in [6.07, 6.45) is 0. The lowest BCUT2D eigenvalue weighted by Gasteiger charge is -2.49. The fourth-order valence-electron chi connectivity index (χ4n) is 4.54. The summed E-state index contributed by atoms with van der Waals surface area (Å²) in [4.78, 5) is 0. The lowest BCUT2D eigenvalue weighted by molar-refractivity contribution is 0.687. The number of hydrogen-bond acceptors (Lipinski definition) is 0. The van der Waals surface area contributed by atoms with Crippen molar-refractivity contribution < 1.29 is 0 Å². The molecule has 1 atom stereocenters. The highest BCUT2D eigenvalue weighted by Gasteiger charge is 2.55. The van der Waals surface area contributed by atoms with Crippen LogP contribution in [-0.2, 0) is 5.04 Å². The maximum atomic E-state index is 2.56. The molecule has 116 valence electrons. The summed E-state index contributed by atoms with van der Waals surface area (Å²) < 4.78 is 0. The molecule has 22 heavy (non-hydrogen) atoms. The first-order chi connectivity index (χ1) is 10.3. The molecule has 0 saturated carbocycles. The number of benzene rings is 2. The van der Waals surface area contributed by atoms with Crippen LogP contribution < -0.4 is 0 Å². The Balaban J connectivity index is 2.44. The van der Waals surface area contributed by atoms with Crippen LogP contribution in [0.2, 0.25) is 19.6 Å². The van der Waals surface area contributed by atoms with Gasteiger partial charge in [-0.25, -0.2) is 0 Å². The van der Waals surface area contributed by atoms with E-state index in [-0.39, 0.29) is 13.0 Å². The number of hydrogen-bond donors (Lipinski definition) is 0. The Morgan fingerprint density at radius 3 is 1.59 bits per heavy atom. The summed E-state index contributed by atoms with van der Waals surface area (Å²) in [5, 5.41) is 0.245. The lowest BCUT2D eigenvalue weighted by Crippen LogP contribution is -2.55. The molecule has 2 heteroatoms. The molecule has 0 nitrogen and oxygen atoms in total. The Hall–Kier alpha value is -0.913. The van der Waals surface area contributed by atoms with Gasteiger partial charge in [0.1, 0.15) is 0 Å². The van der Waals surface area contributed by atoms with Crippen molar-refractivity contribution >= 4 is 16.0 Å². The van der Waals surface area contributed by atoms with Crippen LogP contribution in [0.25, 0.3) is 11.1 Å². The molecule has 2 aromatic carbocycles. The normalized spacial score (nSPS) is 17.2. The number of fused-ring (bicyclic) bond motifs is 3. The van der Waals surface area contributed by atoms with E-state index in [0.29, 0.717) is 5.66 Å². The zero-order valence-electron chi connectivity index (χ0n) is 14.6. The van der Waals surface area contributed by atoms with Gasteiger partial charge in [0.15, 0.2) is 0 Å². The molecular formula is C20H27PSi. The quantitative estimate of drug-likeness (QED) is 0.482. The monoisotopic (exact) mass is 326 g/mol. The zero-order chi connectivity index (χ0) is 16.1. The van der Waals surface area contributed by atoms with Gasteiger partial charge in [-0.2, -0.15) is 0 Å². The van der Waals surface area contributed by atoms with Crippen LogP contribution in [0.4, 0.5) is 0 Å². The summed E-state index contributed by atoms with van der Waals surface area (Å²) in [5.41, 5.74) is 6.85. The van der Waals surface area contributed by atoms with Gasteiger partial charge in [0.25, 0.3) is 0 Å². The van der Waals surface area contributed by atoms with Crippen molar-refractivity contribution in [2.24, 2.45) is 0 Å².